The Balaban J connectivity index is 2.20. The Labute approximate surface area is 180 Å². The van der Waals surface area contributed by atoms with Gasteiger partial charge in [-0.05, 0) is 77.2 Å². The summed E-state index contributed by atoms with van der Waals surface area (Å²) in [5, 5.41) is 12.2. The molecule has 0 bridgehead atoms. The second-order valence-electron chi connectivity index (χ2n) is 6.39. The normalized spacial score (nSPS) is 10.9. The molecule has 29 heavy (non-hydrogen) atoms. The zero-order chi connectivity index (χ0) is 21.2. The average Bonchev–Trinajstić information content (AvgIpc) is 2.73. The van der Waals surface area contributed by atoms with E-state index in [1.54, 1.807) is 19.2 Å². The number of carbonyl (C=O) groups excluding carboxylic acids is 1. The Morgan fingerprint density at radius 2 is 1.97 bits per heavy atom. The Bertz CT molecular complexity index is 915. The van der Waals surface area contributed by atoms with Crippen molar-refractivity contribution < 1.29 is 14.3 Å². The van der Waals surface area contributed by atoms with Crippen LogP contribution in [-0.2, 0) is 11.2 Å². The Morgan fingerprint density at radius 1 is 1.24 bits per heavy atom. The number of hydrogen-bond donors (Lipinski definition) is 1. The first-order chi connectivity index (χ1) is 14.0. The Kier molecular flexibility index (Phi) is 8.75. The van der Waals surface area contributed by atoms with Crippen LogP contribution in [0.4, 0.5) is 5.69 Å². The van der Waals surface area contributed by atoms with Gasteiger partial charge in [-0.3, -0.25) is 4.79 Å². The van der Waals surface area contributed by atoms with Gasteiger partial charge in [-0.2, -0.15) is 5.26 Å². The van der Waals surface area contributed by atoms with E-state index in [2.05, 4.69) is 28.2 Å². The topological polar surface area (TPSA) is 71.4 Å². The van der Waals surface area contributed by atoms with Crippen LogP contribution in [0.3, 0.4) is 0 Å². The summed E-state index contributed by atoms with van der Waals surface area (Å²) in [7, 11) is 1.54. The molecule has 0 aromatic heterocycles. The zero-order valence-corrected chi connectivity index (χ0v) is 18.5. The summed E-state index contributed by atoms with van der Waals surface area (Å²) < 4.78 is 11.6. The van der Waals surface area contributed by atoms with Crippen LogP contribution in [0.25, 0.3) is 6.08 Å². The molecule has 2 aromatic rings. The first-order valence-electron chi connectivity index (χ1n) is 9.54. The average molecular weight is 457 g/mol. The molecule has 6 heteroatoms. The molecule has 152 valence electrons. The van der Waals surface area contributed by atoms with E-state index in [9.17, 15) is 10.1 Å². The molecule has 0 spiro atoms. The summed E-state index contributed by atoms with van der Waals surface area (Å²) in [4.78, 5) is 12.5. The van der Waals surface area contributed by atoms with Crippen molar-refractivity contribution in [3.8, 4) is 17.6 Å². The summed E-state index contributed by atoms with van der Waals surface area (Å²) in [5.41, 5.74) is 2.53. The molecular formula is C23H25BrN2O3. The highest BCUT2D eigenvalue weighted by Gasteiger charge is 2.14. The molecule has 0 saturated carbocycles. The molecule has 0 atom stereocenters. The number of nitriles is 1. The predicted octanol–water partition coefficient (Wildman–Crippen LogP) is 5.74. The monoisotopic (exact) mass is 456 g/mol. The summed E-state index contributed by atoms with van der Waals surface area (Å²) in [6.07, 6.45) is 4.81. The van der Waals surface area contributed by atoms with Gasteiger partial charge >= 0.3 is 0 Å². The summed E-state index contributed by atoms with van der Waals surface area (Å²) in [6, 6.07) is 13.2. The maximum Gasteiger partial charge on any atom is 0.266 e. The number of nitrogens with zero attached hydrogens (tertiary/aromatic N) is 1. The van der Waals surface area contributed by atoms with Gasteiger partial charge < -0.3 is 14.8 Å². The predicted molar refractivity (Wildman–Crippen MR) is 119 cm³/mol. The number of anilines is 1. The van der Waals surface area contributed by atoms with E-state index < -0.39 is 5.91 Å². The van der Waals surface area contributed by atoms with Gasteiger partial charge in [0.15, 0.2) is 11.5 Å². The third kappa shape index (κ3) is 6.37. The number of unbranched alkanes of at least 4 members (excludes halogenated alkanes) is 1. The molecule has 0 radical (unpaired) electrons. The van der Waals surface area contributed by atoms with Gasteiger partial charge in [-0.15, -0.1) is 0 Å². The van der Waals surface area contributed by atoms with Crippen LogP contribution in [-0.4, -0.2) is 19.6 Å². The lowest BCUT2D eigenvalue weighted by Gasteiger charge is -2.12. The highest BCUT2D eigenvalue weighted by molar-refractivity contribution is 9.10. The molecule has 2 rings (SSSR count). The van der Waals surface area contributed by atoms with Crippen LogP contribution >= 0.6 is 15.9 Å². The minimum Gasteiger partial charge on any atom is -0.493 e. The number of halogens is 1. The fourth-order valence-electron chi connectivity index (χ4n) is 2.76. The van der Waals surface area contributed by atoms with Gasteiger partial charge in [-0.25, -0.2) is 0 Å². The molecule has 0 fully saturated rings. The van der Waals surface area contributed by atoms with Crippen LogP contribution in [0, 0.1) is 11.3 Å². The van der Waals surface area contributed by atoms with Crippen LogP contribution in [0.15, 0.2) is 46.4 Å². The van der Waals surface area contributed by atoms with Crippen molar-refractivity contribution in [1.29, 1.82) is 5.26 Å². The maximum atomic E-state index is 12.5. The molecule has 0 aliphatic heterocycles. The minimum absolute atomic E-state index is 0.00169. The zero-order valence-electron chi connectivity index (χ0n) is 16.9. The van der Waals surface area contributed by atoms with Crippen molar-refractivity contribution in [3.05, 3.63) is 57.6 Å². The molecule has 2 aromatic carbocycles. The summed E-state index contributed by atoms with van der Waals surface area (Å²) in [5.74, 6) is 0.642. The van der Waals surface area contributed by atoms with Crippen molar-refractivity contribution in [2.24, 2.45) is 0 Å². The molecule has 1 N–H and O–H groups in total. The fraction of sp³-hybridized carbons (Fsp3) is 0.304. The SMILES string of the molecule is CCCCc1ccc(NC(=O)/C(C#N)=C/c2cc(Br)c(OCC)c(OC)c2)cc1. The van der Waals surface area contributed by atoms with Gasteiger partial charge in [-0.1, -0.05) is 25.5 Å². The van der Waals surface area contributed by atoms with E-state index in [0.29, 0.717) is 33.8 Å². The van der Waals surface area contributed by atoms with Gasteiger partial charge in [0.05, 0.1) is 18.2 Å². The largest absolute Gasteiger partial charge is 0.493 e. The third-order valence-electron chi connectivity index (χ3n) is 4.25. The third-order valence-corrected chi connectivity index (χ3v) is 4.84. The second-order valence-corrected chi connectivity index (χ2v) is 7.25. The van der Waals surface area contributed by atoms with Crippen molar-refractivity contribution in [2.75, 3.05) is 19.0 Å². The van der Waals surface area contributed by atoms with E-state index >= 15 is 0 Å². The van der Waals surface area contributed by atoms with Gasteiger partial charge in [0, 0.05) is 5.69 Å². The molecule has 0 heterocycles. The number of amides is 1. The molecular weight excluding hydrogens is 432 g/mol. The van der Waals surface area contributed by atoms with E-state index in [4.69, 9.17) is 9.47 Å². The summed E-state index contributed by atoms with van der Waals surface area (Å²) >= 11 is 3.45. The second kappa shape index (κ2) is 11.3. The van der Waals surface area contributed by atoms with E-state index in [-0.39, 0.29) is 5.57 Å². The number of carbonyl (C=O) groups is 1. The molecule has 0 aliphatic rings. The van der Waals surface area contributed by atoms with Crippen LogP contribution in [0.5, 0.6) is 11.5 Å². The lowest BCUT2D eigenvalue weighted by Crippen LogP contribution is -2.13. The van der Waals surface area contributed by atoms with Crippen LogP contribution < -0.4 is 14.8 Å². The number of hydrogen-bond acceptors (Lipinski definition) is 4. The minimum atomic E-state index is -0.460. The Hall–Kier alpha value is -2.78. The van der Waals surface area contributed by atoms with Crippen molar-refractivity contribution in [1.82, 2.24) is 0 Å². The first-order valence-corrected chi connectivity index (χ1v) is 10.3. The van der Waals surface area contributed by atoms with Gasteiger partial charge in [0.1, 0.15) is 11.6 Å². The number of nitrogens with one attached hydrogen (secondary N) is 1. The standard InChI is InChI=1S/C23H25BrN2O3/c1-4-6-7-16-8-10-19(11-9-16)26-23(27)18(15-25)12-17-13-20(24)22(29-5-2)21(14-17)28-3/h8-14H,4-7H2,1-3H3,(H,26,27)/b18-12+. The maximum absolute atomic E-state index is 12.5. The molecule has 0 saturated heterocycles. The summed E-state index contributed by atoms with van der Waals surface area (Å²) in [6.45, 7) is 4.53. The van der Waals surface area contributed by atoms with Gasteiger partial charge in [0.2, 0.25) is 0 Å². The number of rotatable bonds is 9. The van der Waals surface area contributed by atoms with Crippen LogP contribution in [0.2, 0.25) is 0 Å². The number of methoxy groups -OCH3 is 1. The number of ether oxygens (including phenoxy) is 2. The molecule has 0 aliphatic carbocycles. The van der Waals surface area contributed by atoms with E-state index in [1.807, 2.05) is 37.3 Å². The van der Waals surface area contributed by atoms with Crippen molar-refractivity contribution in [3.63, 3.8) is 0 Å². The molecule has 0 unspecified atom stereocenters. The van der Waals surface area contributed by atoms with Crippen molar-refractivity contribution in [2.45, 2.75) is 33.1 Å². The quantitative estimate of drug-likeness (QED) is 0.385. The lowest BCUT2D eigenvalue weighted by molar-refractivity contribution is -0.112. The van der Waals surface area contributed by atoms with Crippen LogP contribution in [0.1, 0.15) is 37.8 Å². The molecule has 5 nitrogen and oxygen atoms in total. The highest BCUT2D eigenvalue weighted by atomic mass is 79.9. The van der Waals surface area contributed by atoms with E-state index in [1.165, 1.54) is 11.6 Å². The molecule has 1 amide bonds. The number of benzene rings is 2. The first kappa shape index (κ1) is 22.5. The Morgan fingerprint density at radius 3 is 2.55 bits per heavy atom. The highest BCUT2D eigenvalue weighted by Crippen LogP contribution is 2.37. The van der Waals surface area contributed by atoms with Crippen molar-refractivity contribution >= 4 is 33.6 Å². The van der Waals surface area contributed by atoms with Gasteiger partial charge in [0.25, 0.3) is 5.91 Å². The fourth-order valence-corrected chi connectivity index (χ4v) is 3.33. The number of aryl methyl sites for hydroxylation is 1. The smallest absolute Gasteiger partial charge is 0.266 e. The van der Waals surface area contributed by atoms with E-state index in [0.717, 1.165) is 19.3 Å². The lowest BCUT2D eigenvalue weighted by atomic mass is 10.1.